The molecule has 1 amide bonds. The number of ketones is 1. The Morgan fingerprint density at radius 2 is 2.06 bits per heavy atom. The molecule has 0 heterocycles. The molecule has 0 radical (unpaired) electrons. The van der Waals surface area contributed by atoms with E-state index in [2.05, 4.69) is 0 Å². The second-order valence-electron chi connectivity index (χ2n) is 5.20. The minimum absolute atomic E-state index is 0.0195. The van der Waals surface area contributed by atoms with Crippen molar-refractivity contribution in [2.45, 2.75) is 26.2 Å². The zero-order valence-corrected chi connectivity index (χ0v) is 12.0. The topological polar surface area (TPSA) is 71.5 Å². The van der Waals surface area contributed by atoms with Crippen LogP contribution in [0.25, 0.3) is 0 Å². The summed E-state index contributed by atoms with van der Waals surface area (Å²) in [6, 6.07) is 0. The molecule has 1 rings (SSSR count). The maximum Gasteiger partial charge on any atom is 0.222 e. The molecule has 104 valence electrons. The van der Waals surface area contributed by atoms with Crippen LogP contribution < -0.4 is 0 Å². The summed E-state index contributed by atoms with van der Waals surface area (Å²) < 4.78 is 22.0. The Morgan fingerprint density at radius 3 is 2.50 bits per heavy atom. The highest BCUT2D eigenvalue weighted by Crippen LogP contribution is 2.31. The van der Waals surface area contributed by atoms with Gasteiger partial charge in [0.2, 0.25) is 5.91 Å². The van der Waals surface area contributed by atoms with Crippen LogP contribution in [0.1, 0.15) is 26.2 Å². The van der Waals surface area contributed by atoms with E-state index in [1.807, 2.05) is 6.92 Å². The molecular formula is C12H21NO4S. The van der Waals surface area contributed by atoms with Gasteiger partial charge in [-0.3, -0.25) is 9.59 Å². The van der Waals surface area contributed by atoms with Crippen molar-refractivity contribution in [3.63, 3.8) is 0 Å². The molecule has 2 atom stereocenters. The SMILES string of the molecule is C[C@@H]1C(=O)CC[C@H]1CC(=O)N(C)CCS(C)(=O)=O. The molecule has 0 bridgehead atoms. The molecule has 0 spiro atoms. The van der Waals surface area contributed by atoms with Gasteiger partial charge in [-0.25, -0.2) is 8.42 Å². The molecule has 5 nitrogen and oxygen atoms in total. The lowest BCUT2D eigenvalue weighted by molar-refractivity contribution is -0.131. The maximum atomic E-state index is 11.9. The first-order chi connectivity index (χ1) is 8.20. The zero-order chi connectivity index (χ0) is 13.9. The molecule has 18 heavy (non-hydrogen) atoms. The van der Waals surface area contributed by atoms with E-state index in [-0.39, 0.29) is 35.8 Å². The third-order valence-corrected chi connectivity index (χ3v) is 4.56. The molecule has 6 heteroatoms. The Bertz CT molecular complexity index is 429. The van der Waals surface area contributed by atoms with Crippen molar-refractivity contribution in [3.8, 4) is 0 Å². The predicted octanol–water partition coefficient (Wildman–Crippen LogP) is 0.495. The van der Waals surface area contributed by atoms with Crippen molar-refractivity contribution in [2.75, 3.05) is 25.6 Å². The molecule has 0 unspecified atom stereocenters. The van der Waals surface area contributed by atoms with E-state index in [0.29, 0.717) is 12.8 Å². The summed E-state index contributed by atoms with van der Waals surface area (Å²) in [6.07, 6.45) is 2.83. The normalized spacial score (nSPS) is 24.3. The van der Waals surface area contributed by atoms with E-state index in [0.717, 1.165) is 12.7 Å². The molecule has 1 fully saturated rings. The van der Waals surface area contributed by atoms with Crippen molar-refractivity contribution in [1.82, 2.24) is 4.90 Å². The van der Waals surface area contributed by atoms with Gasteiger partial charge in [0.25, 0.3) is 0 Å². The Kier molecular flexibility index (Phi) is 4.90. The van der Waals surface area contributed by atoms with Crippen LogP contribution in [-0.2, 0) is 19.4 Å². The fraction of sp³-hybridized carbons (Fsp3) is 0.833. The summed E-state index contributed by atoms with van der Waals surface area (Å²) >= 11 is 0. The standard InChI is InChI=1S/C12H21NO4S/c1-9-10(4-5-11(9)14)8-12(15)13(2)6-7-18(3,16)17/h9-10H,4-8H2,1-3H3/t9-,10-/m0/s1. The predicted molar refractivity (Wildman–Crippen MR) is 68.9 cm³/mol. The van der Waals surface area contributed by atoms with Crippen LogP contribution in [0.2, 0.25) is 0 Å². The van der Waals surface area contributed by atoms with Gasteiger partial charge in [-0.1, -0.05) is 6.92 Å². The number of nitrogens with zero attached hydrogens (tertiary/aromatic N) is 1. The van der Waals surface area contributed by atoms with Gasteiger partial charge in [0.05, 0.1) is 5.75 Å². The molecule has 1 aliphatic rings. The van der Waals surface area contributed by atoms with E-state index in [4.69, 9.17) is 0 Å². The van der Waals surface area contributed by atoms with Crippen LogP contribution in [0.5, 0.6) is 0 Å². The minimum atomic E-state index is -3.05. The maximum absolute atomic E-state index is 11.9. The lowest BCUT2D eigenvalue weighted by Gasteiger charge is -2.20. The van der Waals surface area contributed by atoms with Crippen LogP contribution in [-0.4, -0.2) is 50.6 Å². The van der Waals surface area contributed by atoms with E-state index in [1.165, 1.54) is 4.90 Å². The van der Waals surface area contributed by atoms with Gasteiger partial charge >= 0.3 is 0 Å². The first kappa shape index (κ1) is 15.1. The van der Waals surface area contributed by atoms with Crippen molar-refractivity contribution >= 4 is 21.5 Å². The van der Waals surface area contributed by atoms with Crippen LogP contribution in [0.15, 0.2) is 0 Å². The second kappa shape index (κ2) is 5.82. The highest BCUT2D eigenvalue weighted by Gasteiger charge is 2.32. The number of hydrogen-bond donors (Lipinski definition) is 0. The van der Waals surface area contributed by atoms with Gasteiger partial charge in [-0.05, 0) is 12.3 Å². The molecule has 0 aliphatic heterocycles. The lowest BCUT2D eigenvalue weighted by atomic mass is 9.94. The van der Waals surface area contributed by atoms with Crippen LogP contribution in [0, 0.1) is 11.8 Å². The average Bonchev–Trinajstić information content (AvgIpc) is 2.56. The molecule has 1 saturated carbocycles. The van der Waals surface area contributed by atoms with Gasteiger partial charge in [-0.2, -0.15) is 0 Å². The van der Waals surface area contributed by atoms with Gasteiger partial charge < -0.3 is 4.90 Å². The van der Waals surface area contributed by atoms with Crippen molar-refractivity contribution in [2.24, 2.45) is 11.8 Å². The molecule has 0 saturated heterocycles. The summed E-state index contributed by atoms with van der Waals surface area (Å²) in [6.45, 7) is 2.08. The Hall–Kier alpha value is -0.910. The average molecular weight is 275 g/mol. The monoisotopic (exact) mass is 275 g/mol. The van der Waals surface area contributed by atoms with E-state index >= 15 is 0 Å². The Labute approximate surface area is 108 Å². The Morgan fingerprint density at radius 1 is 1.44 bits per heavy atom. The summed E-state index contributed by atoms with van der Waals surface area (Å²) in [5.74, 6) is 0.203. The number of rotatable bonds is 5. The summed E-state index contributed by atoms with van der Waals surface area (Å²) in [4.78, 5) is 24.7. The second-order valence-corrected chi connectivity index (χ2v) is 7.46. The van der Waals surface area contributed by atoms with E-state index in [9.17, 15) is 18.0 Å². The summed E-state index contributed by atoms with van der Waals surface area (Å²) in [5.41, 5.74) is 0. The van der Waals surface area contributed by atoms with Crippen LogP contribution in [0.3, 0.4) is 0 Å². The number of sulfone groups is 1. The van der Waals surface area contributed by atoms with Gasteiger partial charge in [0.1, 0.15) is 15.6 Å². The third-order valence-electron chi connectivity index (χ3n) is 3.64. The number of Topliss-reactive ketones (excluding diaryl/α,β-unsaturated/α-hetero) is 1. The van der Waals surface area contributed by atoms with Crippen molar-refractivity contribution < 1.29 is 18.0 Å². The molecule has 0 aromatic heterocycles. The van der Waals surface area contributed by atoms with Gasteiger partial charge in [0, 0.05) is 38.6 Å². The van der Waals surface area contributed by atoms with E-state index in [1.54, 1.807) is 7.05 Å². The fourth-order valence-electron chi connectivity index (χ4n) is 2.15. The summed E-state index contributed by atoms with van der Waals surface area (Å²) in [5, 5.41) is 0. The van der Waals surface area contributed by atoms with Crippen LogP contribution in [0.4, 0.5) is 0 Å². The first-order valence-corrected chi connectivity index (χ1v) is 8.21. The third kappa shape index (κ3) is 4.40. The smallest absolute Gasteiger partial charge is 0.222 e. The first-order valence-electron chi connectivity index (χ1n) is 6.15. The minimum Gasteiger partial charge on any atom is -0.345 e. The van der Waals surface area contributed by atoms with Gasteiger partial charge in [0.15, 0.2) is 0 Å². The lowest BCUT2D eigenvalue weighted by Crippen LogP contribution is -2.33. The molecule has 0 aromatic carbocycles. The largest absolute Gasteiger partial charge is 0.345 e. The molecule has 0 N–H and O–H groups in total. The molecular weight excluding hydrogens is 254 g/mol. The van der Waals surface area contributed by atoms with E-state index < -0.39 is 9.84 Å². The fourth-order valence-corrected chi connectivity index (χ4v) is 2.76. The van der Waals surface area contributed by atoms with Crippen molar-refractivity contribution in [1.29, 1.82) is 0 Å². The Balaban J connectivity index is 2.43. The highest BCUT2D eigenvalue weighted by molar-refractivity contribution is 7.90. The number of carbonyl (C=O) groups is 2. The number of hydrogen-bond acceptors (Lipinski definition) is 4. The summed E-state index contributed by atoms with van der Waals surface area (Å²) in [7, 11) is -1.44. The molecule has 1 aliphatic carbocycles. The van der Waals surface area contributed by atoms with Crippen molar-refractivity contribution in [3.05, 3.63) is 0 Å². The van der Waals surface area contributed by atoms with Crippen LogP contribution >= 0.6 is 0 Å². The number of amides is 1. The molecule has 0 aromatic rings. The van der Waals surface area contributed by atoms with Gasteiger partial charge in [-0.15, -0.1) is 0 Å². The zero-order valence-electron chi connectivity index (χ0n) is 11.2. The highest BCUT2D eigenvalue weighted by atomic mass is 32.2. The quantitative estimate of drug-likeness (QED) is 0.732. The number of carbonyl (C=O) groups excluding carboxylic acids is 2.